The molecule has 11 heteroatoms. The highest BCUT2D eigenvalue weighted by atomic mass is 31.2. The summed E-state index contributed by atoms with van der Waals surface area (Å²) < 4.78 is 43.6. The molecule has 9 nitrogen and oxygen atoms in total. The Kier molecular flexibility index (Phi) is 11.0. The first-order valence-corrected chi connectivity index (χ1v) is 11.9. The summed E-state index contributed by atoms with van der Waals surface area (Å²) in [5.41, 5.74) is 0. The number of ether oxygens (including phenoxy) is 1. The van der Waals surface area contributed by atoms with Crippen LogP contribution in [0.1, 0.15) is 39.0 Å². The maximum absolute atomic E-state index is 11.9. The van der Waals surface area contributed by atoms with Crippen molar-refractivity contribution in [2.45, 2.75) is 51.2 Å². The molecule has 1 aliphatic heterocycles. The van der Waals surface area contributed by atoms with Crippen LogP contribution in [-0.2, 0) is 27.4 Å². The molecule has 150 valence electrons. The Labute approximate surface area is 149 Å². The highest BCUT2D eigenvalue weighted by molar-refractivity contribution is 7.52. The van der Waals surface area contributed by atoms with Crippen LogP contribution in [0.4, 0.5) is 0 Å². The summed E-state index contributed by atoms with van der Waals surface area (Å²) in [6.45, 7) is 2.65. The van der Waals surface area contributed by atoms with Gasteiger partial charge in [-0.2, -0.15) is 0 Å². The Balaban J connectivity index is 2.29. The number of phosphoric acid groups is 1. The predicted octanol–water partition coefficient (Wildman–Crippen LogP) is 1.65. The molecule has 0 aromatic rings. The maximum atomic E-state index is 11.9. The summed E-state index contributed by atoms with van der Waals surface area (Å²) in [4.78, 5) is 21.3. The van der Waals surface area contributed by atoms with E-state index in [1.165, 1.54) is 6.92 Å². The molecule has 2 N–H and O–H groups in total. The number of phosphoric ester groups is 1. The van der Waals surface area contributed by atoms with Crippen LogP contribution in [0, 0.1) is 0 Å². The second-order valence-corrected chi connectivity index (χ2v) is 9.42. The molecule has 2 unspecified atom stereocenters. The van der Waals surface area contributed by atoms with E-state index < -0.39 is 27.6 Å². The first kappa shape index (κ1) is 23.2. The monoisotopic (exact) mass is 402 g/mol. The zero-order valence-electron chi connectivity index (χ0n) is 14.9. The van der Waals surface area contributed by atoms with Crippen molar-refractivity contribution >= 4 is 15.4 Å². The number of nitrogens with one attached hydrogen (secondary N) is 1. The molecule has 0 spiro atoms. The second kappa shape index (κ2) is 11.8. The van der Waals surface area contributed by atoms with Gasteiger partial charge >= 0.3 is 7.60 Å². The maximum Gasteiger partial charge on any atom is 0.327 e. The number of unbranched alkanes of at least 4 members (excludes halogenated alkanes) is 3. The third-order valence-electron chi connectivity index (χ3n) is 3.82. The van der Waals surface area contributed by atoms with Crippen molar-refractivity contribution in [1.82, 2.24) is 5.32 Å². The zero-order chi connectivity index (χ0) is 18.8. The number of hydrogen-bond acceptors (Lipinski definition) is 8. The molecule has 0 aliphatic carbocycles. The minimum absolute atomic E-state index is 0.0251. The van der Waals surface area contributed by atoms with Crippen LogP contribution in [0.25, 0.3) is 0 Å². The van der Waals surface area contributed by atoms with E-state index in [2.05, 4.69) is 5.32 Å². The molecule has 1 heterocycles. The van der Waals surface area contributed by atoms with Gasteiger partial charge < -0.3 is 33.4 Å². The van der Waals surface area contributed by atoms with Gasteiger partial charge in [0.05, 0.1) is 19.3 Å². The van der Waals surface area contributed by atoms with E-state index in [0.717, 1.165) is 25.8 Å². The molecule has 0 aromatic heterocycles. The quantitative estimate of drug-likeness (QED) is 0.329. The summed E-state index contributed by atoms with van der Waals surface area (Å²) in [5.74, 6) is 0. The Hall–Kier alpha value is 0.180. The second-order valence-electron chi connectivity index (χ2n) is 5.89. The van der Waals surface area contributed by atoms with Crippen molar-refractivity contribution in [2.24, 2.45) is 0 Å². The molecule has 1 saturated heterocycles. The van der Waals surface area contributed by atoms with Gasteiger partial charge in [0.15, 0.2) is 0 Å². The largest absolute Gasteiger partial charge is 0.756 e. The molecular formula is C14H30NO8P2-. The van der Waals surface area contributed by atoms with Crippen LogP contribution < -0.4 is 10.2 Å². The van der Waals surface area contributed by atoms with Gasteiger partial charge in [0.1, 0.15) is 6.10 Å². The van der Waals surface area contributed by atoms with E-state index in [1.807, 2.05) is 7.05 Å². The normalized spacial score (nSPS) is 25.6. The van der Waals surface area contributed by atoms with Crippen molar-refractivity contribution in [2.75, 3.05) is 39.6 Å². The molecular weight excluding hydrogens is 372 g/mol. The van der Waals surface area contributed by atoms with E-state index >= 15 is 0 Å². The van der Waals surface area contributed by atoms with Gasteiger partial charge in [-0.15, -0.1) is 0 Å². The fraction of sp³-hybridized carbons (Fsp3) is 1.00. The minimum atomic E-state index is -4.44. The Morgan fingerprint density at radius 1 is 1.24 bits per heavy atom. The van der Waals surface area contributed by atoms with Crippen LogP contribution in [-0.4, -0.2) is 56.7 Å². The lowest BCUT2D eigenvalue weighted by molar-refractivity contribution is -0.231. The lowest BCUT2D eigenvalue weighted by Crippen LogP contribution is -2.30. The Morgan fingerprint density at radius 2 is 1.96 bits per heavy atom. The Morgan fingerprint density at radius 3 is 2.64 bits per heavy atom. The summed E-state index contributed by atoms with van der Waals surface area (Å²) >= 11 is 0. The van der Waals surface area contributed by atoms with Gasteiger partial charge in [-0.1, -0.05) is 19.8 Å². The highest BCUT2D eigenvalue weighted by Gasteiger charge is 2.34. The smallest absolute Gasteiger partial charge is 0.327 e. The number of hydrogen-bond donors (Lipinski definition) is 2. The van der Waals surface area contributed by atoms with Crippen molar-refractivity contribution in [3.05, 3.63) is 0 Å². The Bertz CT molecular complexity index is 464. The van der Waals surface area contributed by atoms with Crippen LogP contribution >= 0.6 is 15.4 Å². The van der Waals surface area contributed by atoms with E-state index in [4.69, 9.17) is 18.3 Å². The van der Waals surface area contributed by atoms with Gasteiger partial charge in [0, 0.05) is 19.2 Å². The lowest BCUT2D eigenvalue weighted by Gasteiger charge is -2.28. The van der Waals surface area contributed by atoms with E-state index in [1.54, 1.807) is 0 Å². The molecule has 0 amide bonds. The van der Waals surface area contributed by atoms with Crippen LogP contribution in [0.3, 0.4) is 0 Å². The first-order valence-electron chi connectivity index (χ1n) is 8.66. The molecule has 0 saturated carbocycles. The summed E-state index contributed by atoms with van der Waals surface area (Å²) in [7, 11) is -6.21. The van der Waals surface area contributed by atoms with E-state index in [0.29, 0.717) is 19.4 Å². The molecule has 0 radical (unpaired) electrons. The van der Waals surface area contributed by atoms with Gasteiger partial charge in [0.2, 0.25) is 0 Å². The average Bonchev–Trinajstić information content (AvgIpc) is 2.98. The summed E-state index contributed by atoms with van der Waals surface area (Å²) in [6.07, 6.45) is 2.41. The SMILES string of the molecule is CCP(=O)(O)OC[C@H]1OCC[C@@H]1OP(=O)([O-])OCCCCCCNC. The molecule has 25 heavy (non-hydrogen) atoms. The third kappa shape index (κ3) is 10.2. The van der Waals surface area contributed by atoms with Crippen molar-refractivity contribution in [3.63, 3.8) is 0 Å². The topological polar surface area (TPSA) is 126 Å². The molecule has 0 aromatic carbocycles. The fourth-order valence-corrected chi connectivity index (χ4v) is 3.86. The van der Waals surface area contributed by atoms with Crippen molar-refractivity contribution in [3.8, 4) is 0 Å². The lowest BCUT2D eigenvalue weighted by atomic mass is 10.2. The van der Waals surface area contributed by atoms with E-state index in [-0.39, 0.29) is 19.4 Å². The van der Waals surface area contributed by atoms with Crippen molar-refractivity contribution in [1.29, 1.82) is 0 Å². The molecule has 1 fully saturated rings. The molecule has 0 bridgehead atoms. The summed E-state index contributed by atoms with van der Waals surface area (Å²) in [5, 5.41) is 3.05. The molecule has 1 aliphatic rings. The minimum Gasteiger partial charge on any atom is -0.756 e. The van der Waals surface area contributed by atoms with Crippen molar-refractivity contribution < 1.29 is 37.2 Å². The zero-order valence-corrected chi connectivity index (χ0v) is 16.7. The highest BCUT2D eigenvalue weighted by Crippen LogP contribution is 2.45. The standard InChI is InChI=1S/C14H31NO8P2/c1-3-24(16,17)22-12-14-13(8-11-20-14)23-25(18,19)21-10-7-5-4-6-9-15-2/h13-15H,3-12H2,1-2H3,(H,16,17)(H,18,19)/p-1/t13-,14+/m0/s1. The van der Waals surface area contributed by atoms with Gasteiger partial charge in [-0.3, -0.25) is 9.13 Å². The number of rotatable bonds is 14. The van der Waals surface area contributed by atoms with Gasteiger partial charge in [0.25, 0.3) is 7.82 Å². The predicted molar refractivity (Wildman–Crippen MR) is 91.5 cm³/mol. The fourth-order valence-electron chi connectivity index (χ4n) is 2.32. The van der Waals surface area contributed by atoms with Crippen LogP contribution in [0.5, 0.6) is 0 Å². The summed E-state index contributed by atoms with van der Waals surface area (Å²) in [6, 6.07) is 0. The molecule has 1 rings (SSSR count). The first-order chi connectivity index (χ1) is 11.8. The van der Waals surface area contributed by atoms with E-state index in [9.17, 15) is 18.9 Å². The van der Waals surface area contributed by atoms with Crippen LogP contribution in [0.2, 0.25) is 0 Å². The van der Waals surface area contributed by atoms with Gasteiger partial charge in [-0.25, -0.2) is 0 Å². The molecule has 4 atom stereocenters. The van der Waals surface area contributed by atoms with Crippen LogP contribution in [0.15, 0.2) is 0 Å². The third-order valence-corrected chi connectivity index (χ3v) is 6.20. The average molecular weight is 402 g/mol. The van der Waals surface area contributed by atoms with Gasteiger partial charge in [-0.05, 0) is 26.4 Å².